The fourth-order valence-electron chi connectivity index (χ4n) is 1.16. The largest absolute Gasteiger partial charge is 0.455 e. The molecule has 2 rings (SSSR count). The van der Waals surface area contributed by atoms with E-state index in [0.29, 0.717) is 12.6 Å². The van der Waals surface area contributed by atoms with Gasteiger partial charge < -0.3 is 4.74 Å². The van der Waals surface area contributed by atoms with Crippen LogP contribution in [0.25, 0.3) is 0 Å². The van der Waals surface area contributed by atoms with Crippen LogP contribution in [-0.2, 0) is 16.1 Å². The molecule has 4 nitrogen and oxygen atoms in total. The van der Waals surface area contributed by atoms with Crippen molar-refractivity contribution in [2.24, 2.45) is 4.99 Å². The van der Waals surface area contributed by atoms with Gasteiger partial charge in [-0.15, -0.1) is 0 Å². The van der Waals surface area contributed by atoms with E-state index in [9.17, 15) is 4.79 Å². The average molecular weight is 190 g/mol. The molecule has 1 aromatic rings. The fourth-order valence-corrected chi connectivity index (χ4v) is 1.16. The molecule has 0 spiro atoms. The van der Waals surface area contributed by atoms with E-state index in [4.69, 9.17) is 4.74 Å². The maximum Gasteiger partial charge on any atom is 0.292 e. The average Bonchev–Trinajstić information content (AvgIpc) is 2.63. The molecule has 0 saturated carbocycles. The van der Waals surface area contributed by atoms with Gasteiger partial charge in [0.25, 0.3) is 11.9 Å². The van der Waals surface area contributed by atoms with Crippen molar-refractivity contribution in [3.8, 4) is 0 Å². The topological polar surface area (TPSA) is 50.7 Å². The summed E-state index contributed by atoms with van der Waals surface area (Å²) < 4.78 is 4.98. The van der Waals surface area contributed by atoms with Crippen molar-refractivity contribution < 1.29 is 9.53 Å². The van der Waals surface area contributed by atoms with Gasteiger partial charge in [0.15, 0.2) is 6.61 Å². The molecule has 1 heterocycles. The summed E-state index contributed by atoms with van der Waals surface area (Å²) in [5.74, 6) is -0.142. The number of aliphatic imine (C=N–C) groups is 1. The quantitative estimate of drug-likeness (QED) is 0.745. The van der Waals surface area contributed by atoms with Gasteiger partial charge in [0.05, 0.1) is 6.54 Å². The zero-order valence-electron chi connectivity index (χ0n) is 7.56. The number of nitrogens with zero attached hydrogens (tertiary/aromatic N) is 1. The molecule has 1 N–H and O–H groups in total. The Bertz CT molecular complexity index is 360. The number of hydrogen-bond donors (Lipinski definition) is 1. The summed E-state index contributed by atoms with van der Waals surface area (Å²) in [4.78, 5) is 14.9. The summed E-state index contributed by atoms with van der Waals surface area (Å²) in [7, 11) is 0. The number of rotatable bonds is 2. The summed E-state index contributed by atoms with van der Waals surface area (Å²) in [5.41, 5.74) is 1.09. The number of carbonyl (C=O) groups excluding carboxylic acids is 1. The van der Waals surface area contributed by atoms with Crippen LogP contribution in [-0.4, -0.2) is 18.5 Å². The molecule has 1 amide bonds. The minimum absolute atomic E-state index is 0.0770. The van der Waals surface area contributed by atoms with E-state index in [0.717, 1.165) is 5.56 Å². The molecule has 0 aromatic heterocycles. The predicted octanol–water partition coefficient (Wildman–Crippen LogP) is 0.689. The first-order chi connectivity index (χ1) is 6.84. The smallest absolute Gasteiger partial charge is 0.292 e. The first-order valence-electron chi connectivity index (χ1n) is 4.35. The molecule has 14 heavy (non-hydrogen) atoms. The molecule has 0 atom stereocenters. The third-order valence-electron chi connectivity index (χ3n) is 1.83. The summed E-state index contributed by atoms with van der Waals surface area (Å²) in [6.45, 7) is 0.601. The minimum Gasteiger partial charge on any atom is -0.455 e. The van der Waals surface area contributed by atoms with Gasteiger partial charge >= 0.3 is 0 Å². The molecule has 0 aliphatic carbocycles. The number of hydrogen-bond acceptors (Lipinski definition) is 3. The second-order valence-corrected chi connectivity index (χ2v) is 2.94. The normalized spacial score (nSPS) is 18.0. The Labute approximate surface area is 81.6 Å². The summed E-state index contributed by atoms with van der Waals surface area (Å²) >= 11 is 0. The van der Waals surface area contributed by atoms with Crippen molar-refractivity contribution in [1.29, 1.82) is 0 Å². The van der Waals surface area contributed by atoms with Gasteiger partial charge in [-0.05, 0) is 5.56 Å². The van der Waals surface area contributed by atoms with Crippen LogP contribution in [0.1, 0.15) is 5.56 Å². The van der Waals surface area contributed by atoms with E-state index in [-0.39, 0.29) is 12.5 Å². The van der Waals surface area contributed by atoms with Crippen LogP contribution in [0.5, 0.6) is 0 Å². The lowest BCUT2D eigenvalue weighted by atomic mass is 10.2. The van der Waals surface area contributed by atoms with Crippen molar-refractivity contribution in [1.82, 2.24) is 5.32 Å². The Hall–Kier alpha value is -1.84. The number of benzene rings is 1. The molecule has 0 unspecified atom stereocenters. The van der Waals surface area contributed by atoms with Gasteiger partial charge in [-0.1, -0.05) is 30.3 Å². The molecule has 1 aromatic carbocycles. The molecule has 4 heteroatoms. The Morgan fingerprint density at radius 3 is 2.79 bits per heavy atom. The lowest BCUT2D eigenvalue weighted by molar-refractivity contribution is -0.119. The van der Waals surface area contributed by atoms with Gasteiger partial charge in [-0.3, -0.25) is 10.1 Å². The van der Waals surface area contributed by atoms with Crippen molar-refractivity contribution in [2.45, 2.75) is 6.54 Å². The molecular formula is C10H10N2O2. The Kier molecular flexibility index (Phi) is 2.44. The first-order valence-corrected chi connectivity index (χ1v) is 4.35. The molecule has 72 valence electrons. The Morgan fingerprint density at radius 1 is 1.36 bits per heavy atom. The summed E-state index contributed by atoms with van der Waals surface area (Å²) in [5, 5.41) is 2.51. The van der Waals surface area contributed by atoms with Crippen LogP contribution in [0.4, 0.5) is 0 Å². The molecule has 0 bridgehead atoms. The predicted molar refractivity (Wildman–Crippen MR) is 51.7 cm³/mol. The molecule has 1 saturated heterocycles. The third kappa shape index (κ3) is 2.10. The fraction of sp³-hybridized carbons (Fsp3) is 0.200. The highest BCUT2D eigenvalue weighted by Crippen LogP contribution is 2.01. The SMILES string of the molecule is O=C1COC(=NCc2ccccc2)N1. The highest BCUT2D eigenvalue weighted by molar-refractivity contribution is 5.99. The number of amidine groups is 1. The van der Waals surface area contributed by atoms with Gasteiger partial charge in [0, 0.05) is 0 Å². The van der Waals surface area contributed by atoms with E-state index >= 15 is 0 Å². The van der Waals surface area contributed by atoms with Crippen molar-refractivity contribution in [3.05, 3.63) is 35.9 Å². The van der Waals surface area contributed by atoms with Crippen molar-refractivity contribution >= 4 is 11.9 Å². The maximum absolute atomic E-state index is 10.7. The summed E-state index contributed by atoms with van der Waals surface area (Å²) in [6, 6.07) is 10.1. The highest BCUT2D eigenvalue weighted by atomic mass is 16.5. The first kappa shape index (κ1) is 8.74. The van der Waals surface area contributed by atoms with Crippen LogP contribution >= 0.6 is 0 Å². The van der Waals surface area contributed by atoms with Crippen LogP contribution in [0.2, 0.25) is 0 Å². The van der Waals surface area contributed by atoms with Crippen LogP contribution in [0.3, 0.4) is 0 Å². The monoisotopic (exact) mass is 190 g/mol. The number of nitrogens with one attached hydrogen (secondary N) is 1. The van der Waals surface area contributed by atoms with Crippen molar-refractivity contribution in [3.63, 3.8) is 0 Å². The second kappa shape index (κ2) is 3.91. The van der Waals surface area contributed by atoms with E-state index in [1.807, 2.05) is 30.3 Å². The Balaban J connectivity index is 1.97. The highest BCUT2D eigenvalue weighted by Gasteiger charge is 2.15. The molecule has 1 aliphatic rings. The van der Waals surface area contributed by atoms with Crippen LogP contribution in [0.15, 0.2) is 35.3 Å². The lowest BCUT2D eigenvalue weighted by Crippen LogP contribution is -2.20. The van der Waals surface area contributed by atoms with Crippen LogP contribution < -0.4 is 5.32 Å². The molecule has 1 aliphatic heterocycles. The van der Waals surface area contributed by atoms with Gasteiger partial charge in [0.1, 0.15) is 0 Å². The third-order valence-corrected chi connectivity index (χ3v) is 1.83. The van der Waals surface area contributed by atoms with Crippen molar-refractivity contribution in [2.75, 3.05) is 6.61 Å². The summed E-state index contributed by atoms with van der Waals surface area (Å²) in [6.07, 6.45) is 0. The van der Waals surface area contributed by atoms with Gasteiger partial charge in [0.2, 0.25) is 0 Å². The van der Waals surface area contributed by atoms with E-state index in [1.54, 1.807) is 0 Å². The standard InChI is InChI=1S/C10H10N2O2/c13-9-7-14-10(12-9)11-6-8-4-2-1-3-5-8/h1-5H,6-7H2,(H,11,12,13). The zero-order valence-corrected chi connectivity index (χ0v) is 7.56. The van der Waals surface area contributed by atoms with E-state index in [2.05, 4.69) is 10.3 Å². The Morgan fingerprint density at radius 2 is 2.14 bits per heavy atom. The molecular weight excluding hydrogens is 180 g/mol. The second-order valence-electron chi connectivity index (χ2n) is 2.94. The molecule has 0 radical (unpaired) electrons. The molecule has 1 fully saturated rings. The van der Waals surface area contributed by atoms with Crippen LogP contribution in [0, 0.1) is 0 Å². The zero-order chi connectivity index (χ0) is 9.80. The van der Waals surface area contributed by atoms with E-state index in [1.165, 1.54) is 0 Å². The minimum atomic E-state index is -0.142. The maximum atomic E-state index is 10.7. The lowest BCUT2D eigenvalue weighted by Gasteiger charge is -1.97. The van der Waals surface area contributed by atoms with Gasteiger partial charge in [-0.2, -0.15) is 0 Å². The van der Waals surface area contributed by atoms with E-state index < -0.39 is 0 Å². The van der Waals surface area contributed by atoms with Gasteiger partial charge in [-0.25, -0.2) is 4.99 Å². The number of amides is 1. The number of carbonyl (C=O) groups is 1. The number of ether oxygens (including phenoxy) is 1.